The van der Waals surface area contributed by atoms with Crippen molar-refractivity contribution in [3.63, 3.8) is 0 Å². The van der Waals surface area contributed by atoms with E-state index in [4.69, 9.17) is 15.1 Å². The van der Waals surface area contributed by atoms with Crippen LogP contribution in [0.15, 0.2) is 228 Å². The molecule has 0 atom stereocenters. The summed E-state index contributed by atoms with van der Waals surface area (Å²) < 4.78 is 6.16. The van der Waals surface area contributed by atoms with E-state index >= 15 is 0 Å². The molecule has 11 rings (SSSR count). The summed E-state index contributed by atoms with van der Waals surface area (Å²) >= 11 is 0. The third-order valence-electron chi connectivity index (χ3n) is 12.0. The molecule has 1 heterocycles. The Kier molecular flexibility index (Phi) is 9.05. The lowest BCUT2D eigenvalue weighted by Crippen LogP contribution is -2.13. The van der Waals surface area contributed by atoms with Crippen molar-refractivity contribution in [1.82, 2.24) is 0 Å². The third kappa shape index (κ3) is 6.54. The maximum absolute atomic E-state index is 6.77. The average molecular weight is 781 g/mol. The number of allylic oxidation sites excluding steroid dienone is 1. The first-order valence-electron chi connectivity index (χ1n) is 20.8. The van der Waals surface area contributed by atoms with Crippen LogP contribution in [0.3, 0.4) is 0 Å². The summed E-state index contributed by atoms with van der Waals surface area (Å²) in [6, 6.07) is 75.1. The minimum atomic E-state index is 0.474. The molecule has 2 N–H and O–H groups in total. The molecule has 0 amide bonds. The van der Waals surface area contributed by atoms with Crippen molar-refractivity contribution in [1.29, 1.82) is 0 Å². The highest BCUT2D eigenvalue weighted by Crippen LogP contribution is 2.46. The van der Waals surface area contributed by atoms with Gasteiger partial charge in [-0.3, -0.25) is 0 Å². The molecule has 61 heavy (non-hydrogen) atoms. The molecule has 0 saturated heterocycles. The van der Waals surface area contributed by atoms with Crippen LogP contribution in [0.5, 0.6) is 0 Å². The summed E-state index contributed by atoms with van der Waals surface area (Å²) in [5.74, 6) is 0.474. The Morgan fingerprint density at radius 1 is 0.443 bits per heavy atom. The summed E-state index contributed by atoms with van der Waals surface area (Å²) in [5.41, 5.74) is 19.6. The fourth-order valence-corrected chi connectivity index (χ4v) is 9.08. The van der Waals surface area contributed by atoms with Gasteiger partial charge in [-0.15, -0.1) is 0 Å². The van der Waals surface area contributed by atoms with Gasteiger partial charge in [-0.05, 0) is 101 Å². The predicted molar refractivity (Wildman–Crippen MR) is 258 cm³/mol. The molecular weight excluding hydrogens is 741 g/mol. The monoisotopic (exact) mass is 780 g/mol. The molecule has 1 aromatic heterocycles. The molecule has 0 aliphatic heterocycles. The van der Waals surface area contributed by atoms with Crippen molar-refractivity contribution >= 4 is 65.8 Å². The van der Waals surface area contributed by atoms with Crippen LogP contribution < -0.4 is 5.73 Å². The van der Waals surface area contributed by atoms with Crippen molar-refractivity contribution < 1.29 is 4.42 Å². The van der Waals surface area contributed by atoms with E-state index in [-0.39, 0.29) is 0 Å². The number of hydrogen-bond acceptors (Lipinski definition) is 2. The lowest BCUT2D eigenvalue weighted by molar-refractivity contribution is 0.669. The Bertz CT molecular complexity index is 3490. The quantitative estimate of drug-likeness (QED) is 0.0722. The fourth-order valence-electron chi connectivity index (χ4n) is 9.08. The van der Waals surface area contributed by atoms with E-state index in [0.29, 0.717) is 12.3 Å². The van der Waals surface area contributed by atoms with E-state index in [1.165, 1.54) is 60.1 Å². The first-order valence-corrected chi connectivity index (χ1v) is 20.8. The second-order valence-corrected chi connectivity index (χ2v) is 15.6. The molecule has 0 fully saturated rings. The van der Waals surface area contributed by atoms with Gasteiger partial charge in [-0.2, -0.15) is 0 Å². The zero-order chi connectivity index (χ0) is 40.7. The van der Waals surface area contributed by atoms with Gasteiger partial charge in [-0.25, -0.2) is 4.99 Å². The van der Waals surface area contributed by atoms with E-state index < -0.39 is 0 Å². The van der Waals surface area contributed by atoms with Crippen molar-refractivity contribution in [3.05, 3.63) is 235 Å². The number of rotatable bonds is 8. The lowest BCUT2D eigenvalue weighted by Gasteiger charge is -2.19. The van der Waals surface area contributed by atoms with Crippen LogP contribution in [0.1, 0.15) is 16.7 Å². The van der Waals surface area contributed by atoms with Gasteiger partial charge in [0.05, 0.1) is 5.70 Å². The Balaban J connectivity index is 1.05. The van der Waals surface area contributed by atoms with Crippen LogP contribution in [0.2, 0.25) is 0 Å². The Labute approximate surface area is 354 Å². The highest BCUT2D eigenvalue weighted by Gasteiger charge is 2.19. The summed E-state index contributed by atoms with van der Waals surface area (Å²) in [6.07, 6.45) is 2.87. The number of para-hydroxylation sites is 1. The molecule has 0 aliphatic carbocycles. The Hall–Kier alpha value is -8.01. The summed E-state index contributed by atoms with van der Waals surface area (Å²) in [5, 5.41) is 9.63. The fraction of sp³-hybridized carbons (Fsp3) is 0.0172. The maximum atomic E-state index is 6.77. The van der Waals surface area contributed by atoms with Crippen molar-refractivity contribution in [3.8, 4) is 33.4 Å². The van der Waals surface area contributed by atoms with Gasteiger partial charge in [0.1, 0.15) is 17.0 Å². The first kappa shape index (κ1) is 36.1. The lowest BCUT2D eigenvalue weighted by atomic mass is 9.84. The first-order chi connectivity index (χ1) is 30.2. The number of fused-ring (bicyclic) bond motifs is 7. The number of furan rings is 1. The van der Waals surface area contributed by atoms with Crippen molar-refractivity contribution in [2.24, 2.45) is 10.7 Å². The standard InChI is InChI=1S/C58H40N2O/c59-58(43-19-5-2-6-20-43)60-52(35-32-38-15-7-9-21-45(38)44-33-36-54-51(37-44)47-23-13-14-26-53(47)61-54)40-27-29-42(30-28-40)56-49-25-12-11-24-48(49)55(41-17-3-1-4-18-41)50-34-31-39-16-8-10-22-46(39)57(50)56/h1-31,33-37H,32H2,(H2,59,60)/b52-35-. The number of hydrogen-bond donors (Lipinski definition) is 1. The van der Waals surface area contributed by atoms with Gasteiger partial charge in [0.25, 0.3) is 0 Å². The number of amidine groups is 1. The normalized spacial score (nSPS) is 12.3. The van der Waals surface area contributed by atoms with Gasteiger partial charge in [-0.1, -0.05) is 200 Å². The average Bonchev–Trinajstić information content (AvgIpc) is 3.71. The smallest absolute Gasteiger partial charge is 0.135 e. The molecule has 0 radical (unpaired) electrons. The molecule has 288 valence electrons. The van der Waals surface area contributed by atoms with Crippen molar-refractivity contribution in [2.75, 3.05) is 0 Å². The van der Waals surface area contributed by atoms with Gasteiger partial charge in [0.15, 0.2) is 0 Å². The van der Waals surface area contributed by atoms with E-state index in [0.717, 1.165) is 49.9 Å². The minimum Gasteiger partial charge on any atom is -0.456 e. The molecule has 10 aromatic carbocycles. The van der Waals surface area contributed by atoms with E-state index in [1.54, 1.807) is 0 Å². The van der Waals surface area contributed by atoms with E-state index in [2.05, 4.69) is 176 Å². The summed E-state index contributed by atoms with van der Waals surface area (Å²) in [7, 11) is 0. The highest BCUT2D eigenvalue weighted by molar-refractivity contribution is 6.28. The second kappa shape index (κ2) is 15.3. The number of nitrogens with zero attached hydrogens (tertiary/aromatic N) is 1. The van der Waals surface area contributed by atoms with Crippen LogP contribution >= 0.6 is 0 Å². The number of benzene rings is 10. The summed E-state index contributed by atoms with van der Waals surface area (Å²) in [4.78, 5) is 5.13. The zero-order valence-corrected chi connectivity index (χ0v) is 33.4. The predicted octanol–water partition coefficient (Wildman–Crippen LogP) is 15.0. The largest absolute Gasteiger partial charge is 0.456 e. The van der Waals surface area contributed by atoms with Gasteiger partial charge in [0.2, 0.25) is 0 Å². The Morgan fingerprint density at radius 2 is 1.05 bits per heavy atom. The molecule has 0 spiro atoms. The molecule has 0 bridgehead atoms. The maximum Gasteiger partial charge on any atom is 0.135 e. The van der Waals surface area contributed by atoms with Crippen LogP contribution in [-0.2, 0) is 6.42 Å². The van der Waals surface area contributed by atoms with Crippen LogP contribution in [-0.4, -0.2) is 5.84 Å². The van der Waals surface area contributed by atoms with E-state index in [1.807, 2.05) is 42.5 Å². The second-order valence-electron chi connectivity index (χ2n) is 15.6. The Morgan fingerprint density at radius 3 is 1.85 bits per heavy atom. The van der Waals surface area contributed by atoms with Gasteiger partial charge >= 0.3 is 0 Å². The summed E-state index contributed by atoms with van der Waals surface area (Å²) in [6.45, 7) is 0. The van der Waals surface area contributed by atoms with Crippen LogP contribution in [0.4, 0.5) is 0 Å². The molecular formula is C58H40N2O. The molecule has 11 aromatic rings. The van der Waals surface area contributed by atoms with Crippen LogP contribution in [0, 0.1) is 0 Å². The van der Waals surface area contributed by atoms with Crippen LogP contribution in [0.25, 0.3) is 93.3 Å². The van der Waals surface area contributed by atoms with Gasteiger partial charge in [0, 0.05) is 16.3 Å². The highest BCUT2D eigenvalue weighted by atomic mass is 16.3. The molecule has 3 heteroatoms. The topological polar surface area (TPSA) is 51.5 Å². The molecule has 0 aliphatic rings. The zero-order valence-electron chi connectivity index (χ0n) is 33.4. The third-order valence-corrected chi connectivity index (χ3v) is 12.0. The van der Waals surface area contributed by atoms with E-state index in [9.17, 15) is 0 Å². The van der Waals surface area contributed by atoms with Crippen molar-refractivity contribution in [2.45, 2.75) is 6.42 Å². The molecule has 3 nitrogen and oxygen atoms in total. The minimum absolute atomic E-state index is 0.474. The number of aliphatic imine (C=N–C) groups is 1. The molecule has 0 unspecified atom stereocenters. The SMILES string of the molecule is NC(=N/C(=C\Cc1ccccc1-c1ccc2oc3ccccc3c2c1)c1ccc(-c2c3ccccc3c(-c3ccccc3)c3ccc4ccccc4c23)cc1)c1ccccc1. The molecule has 0 saturated carbocycles. The van der Waals surface area contributed by atoms with Gasteiger partial charge < -0.3 is 10.2 Å². The number of nitrogens with two attached hydrogens (primary N) is 1.